The minimum absolute atomic E-state index is 0.0955. The molecular formula is C20H26N2O4S. The zero-order valence-electron chi connectivity index (χ0n) is 16.3. The maximum absolute atomic E-state index is 12.5. The van der Waals surface area contributed by atoms with E-state index in [9.17, 15) is 13.2 Å². The van der Waals surface area contributed by atoms with E-state index in [-0.39, 0.29) is 10.8 Å². The molecule has 0 unspecified atom stereocenters. The van der Waals surface area contributed by atoms with Crippen molar-refractivity contribution in [2.24, 2.45) is 0 Å². The molecule has 7 heteroatoms. The Bertz CT molecular complexity index is 931. The highest BCUT2D eigenvalue weighted by Crippen LogP contribution is 2.21. The summed E-state index contributed by atoms with van der Waals surface area (Å²) in [5, 5.41) is 2.74. The molecule has 0 spiro atoms. The lowest BCUT2D eigenvalue weighted by molar-refractivity contribution is 0.102. The smallest absolute Gasteiger partial charge is 0.255 e. The molecule has 6 nitrogen and oxygen atoms in total. The van der Waals surface area contributed by atoms with Gasteiger partial charge in [-0.15, -0.1) is 0 Å². The van der Waals surface area contributed by atoms with Gasteiger partial charge in [0.25, 0.3) is 5.91 Å². The predicted molar refractivity (Wildman–Crippen MR) is 107 cm³/mol. The largest absolute Gasteiger partial charge is 0.494 e. The monoisotopic (exact) mass is 390 g/mol. The van der Waals surface area contributed by atoms with Gasteiger partial charge in [0.2, 0.25) is 10.0 Å². The van der Waals surface area contributed by atoms with Crippen LogP contribution in [0.25, 0.3) is 0 Å². The molecule has 2 aromatic carbocycles. The van der Waals surface area contributed by atoms with Crippen molar-refractivity contribution in [1.82, 2.24) is 4.72 Å². The van der Waals surface area contributed by atoms with Gasteiger partial charge in [0.1, 0.15) is 5.75 Å². The van der Waals surface area contributed by atoms with Gasteiger partial charge in [0.05, 0.1) is 11.5 Å². The Morgan fingerprint density at radius 2 is 1.81 bits per heavy atom. The summed E-state index contributed by atoms with van der Waals surface area (Å²) in [7, 11) is -3.68. The number of carbonyl (C=O) groups is 1. The van der Waals surface area contributed by atoms with Gasteiger partial charge in [-0.2, -0.15) is 0 Å². The van der Waals surface area contributed by atoms with Crippen LogP contribution >= 0.6 is 0 Å². The Kier molecular flexibility index (Phi) is 6.28. The lowest BCUT2D eigenvalue weighted by Crippen LogP contribution is -2.40. The van der Waals surface area contributed by atoms with E-state index in [4.69, 9.17) is 4.74 Å². The molecule has 0 heterocycles. The van der Waals surface area contributed by atoms with Gasteiger partial charge in [0, 0.05) is 16.8 Å². The highest BCUT2D eigenvalue weighted by Gasteiger charge is 2.22. The van der Waals surface area contributed by atoms with Crippen LogP contribution in [-0.4, -0.2) is 26.5 Å². The molecule has 0 atom stereocenters. The highest BCUT2D eigenvalue weighted by molar-refractivity contribution is 7.89. The standard InChI is InChI=1S/C20H26N2O4S/c1-6-26-18-11-10-15(12-14(18)2)19(23)21-16-8-7-9-17(13-16)27(24,25)22-20(3,4)5/h7-13,22H,6H2,1-5H3,(H,21,23). The molecule has 0 aliphatic carbocycles. The van der Waals surface area contributed by atoms with E-state index in [0.717, 1.165) is 11.3 Å². The van der Waals surface area contributed by atoms with Gasteiger partial charge in [-0.3, -0.25) is 4.79 Å². The quantitative estimate of drug-likeness (QED) is 0.787. The molecule has 0 aliphatic heterocycles. The number of aryl methyl sites for hydroxylation is 1. The van der Waals surface area contributed by atoms with E-state index < -0.39 is 15.6 Å². The Balaban J connectivity index is 2.21. The first-order valence-electron chi connectivity index (χ1n) is 8.71. The molecule has 1 amide bonds. The third-order valence-electron chi connectivity index (χ3n) is 3.58. The first-order chi connectivity index (χ1) is 12.5. The molecule has 2 N–H and O–H groups in total. The number of sulfonamides is 1. The summed E-state index contributed by atoms with van der Waals surface area (Å²) in [6, 6.07) is 11.3. The Labute approximate surface area is 161 Å². The predicted octanol–water partition coefficient (Wildman–Crippen LogP) is 3.72. The molecule has 2 rings (SSSR count). The van der Waals surface area contributed by atoms with Crippen LogP contribution in [0.2, 0.25) is 0 Å². The zero-order valence-corrected chi connectivity index (χ0v) is 17.1. The van der Waals surface area contributed by atoms with E-state index in [1.807, 2.05) is 13.8 Å². The van der Waals surface area contributed by atoms with Gasteiger partial charge < -0.3 is 10.1 Å². The number of nitrogens with one attached hydrogen (secondary N) is 2. The summed E-state index contributed by atoms with van der Waals surface area (Å²) in [6.45, 7) is 9.62. The average Bonchev–Trinajstić information content (AvgIpc) is 2.55. The van der Waals surface area contributed by atoms with Crippen molar-refractivity contribution < 1.29 is 17.9 Å². The topological polar surface area (TPSA) is 84.5 Å². The summed E-state index contributed by atoms with van der Waals surface area (Å²) in [5.74, 6) is 0.412. The van der Waals surface area contributed by atoms with Gasteiger partial charge in [-0.25, -0.2) is 13.1 Å². The lowest BCUT2D eigenvalue weighted by Gasteiger charge is -2.20. The second kappa shape index (κ2) is 8.10. The van der Waals surface area contributed by atoms with E-state index in [1.54, 1.807) is 51.1 Å². The van der Waals surface area contributed by atoms with Crippen molar-refractivity contribution in [3.05, 3.63) is 53.6 Å². The summed E-state index contributed by atoms with van der Waals surface area (Å²) in [4.78, 5) is 12.6. The summed E-state index contributed by atoms with van der Waals surface area (Å²) in [6.07, 6.45) is 0. The minimum Gasteiger partial charge on any atom is -0.494 e. The molecule has 2 aromatic rings. The Hall–Kier alpha value is -2.38. The first-order valence-corrected chi connectivity index (χ1v) is 10.2. The van der Waals surface area contributed by atoms with Crippen molar-refractivity contribution in [3.8, 4) is 5.75 Å². The molecule has 27 heavy (non-hydrogen) atoms. The second-order valence-corrected chi connectivity index (χ2v) is 8.93. The summed E-state index contributed by atoms with van der Waals surface area (Å²) < 4.78 is 33.0. The van der Waals surface area contributed by atoms with Crippen molar-refractivity contribution in [1.29, 1.82) is 0 Å². The number of hydrogen-bond donors (Lipinski definition) is 2. The minimum atomic E-state index is -3.68. The molecule has 0 aromatic heterocycles. The van der Waals surface area contributed by atoms with Gasteiger partial charge in [-0.05, 0) is 76.6 Å². The second-order valence-electron chi connectivity index (χ2n) is 7.25. The molecule has 0 aliphatic rings. The van der Waals surface area contributed by atoms with Crippen LogP contribution in [0.15, 0.2) is 47.4 Å². The van der Waals surface area contributed by atoms with Crippen LogP contribution < -0.4 is 14.8 Å². The fraction of sp³-hybridized carbons (Fsp3) is 0.350. The molecule has 146 valence electrons. The number of ether oxygens (including phenoxy) is 1. The zero-order chi connectivity index (χ0) is 20.2. The fourth-order valence-electron chi connectivity index (χ4n) is 2.51. The SMILES string of the molecule is CCOc1ccc(C(=O)Nc2cccc(S(=O)(=O)NC(C)(C)C)c2)cc1C. The first kappa shape index (κ1) is 20.9. The maximum atomic E-state index is 12.5. The lowest BCUT2D eigenvalue weighted by atomic mass is 10.1. The third-order valence-corrected chi connectivity index (χ3v) is 5.34. The van der Waals surface area contributed by atoms with Gasteiger partial charge in [0.15, 0.2) is 0 Å². The fourth-order valence-corrected chi connectivity index (χ4v) is 3.98. The van der Waals surface area contributed by atoms with E-state index >= 15 is 0 Å². The van der Waals surface area contributed by atoms with Gasteiger partial charge in [-0.1, -0.05) is 6.07 Å². The average molecular weight is 391 g/mol. The molecule has 0 radical (unpaired) electrons. The van der Waals surface area contributed by atoms with E-state index in [2.05, 4.69) is 10.0 Å². The Morgan fingerprint density at radius 1 is 1.11 bits per heavy atom. The van der Waals surface area contributed by atoms with Crippen LogP contribution in [-0.2, 0) is 10.0 Å². The van der Waals surface area contributed by atoms with Crippen LogP contribution in [0.4, 0.5) is 5.69 Å². The van der Waals surface area contributed by atoms with Crippen molar-refractivity contribution in [2.75, 3.05) is 11.9 Å². The van der Waals surface area contributed by atoms with Crippen molar-refractivity contribution in [3.63, 3.8) is 0 Å². The summed E-state index contributed by atoms with van der Waals surface area (Å²) in [5.41, 5.74) is 1.13. The molecular weight excluding hydrogens is 364 g/mol. The van der Waals surface area contributed by atoms with E-state index in [0.29, 0.717) is 17.9 Å². The number of anilines is 1. The highest BCUT2D eigenvalue weighted by atomic mass is 32.2. The number of benzene rings is 2. The van der Waals surface area contributed by atoms with Crippen molar-refractivity contribution >= 4 is 21.6 Å². The third kappa shape index (κ3) is 5.80. The van der Waals surface area contributed by atoms with Crippen LogP contribution in [0.3, 0.4) is 0 Å². The van der Waals surface area contributed by atoms with Crippen LogP contribution in [0.1, 0.15) is 43.6 Å². The number of hydrogen-bond acceptors (Lipinski definition) is 4. The molecule has 0 fully saturated rings. The molecule has 0 saturated carbocycles. The molecule has 0 saturated heterocycles. The number of amides is 1. The number of rotatable bonds is 6. The van der Waals surface area contributed by atoms with Crippen LogP contribution in [0, 0.1) is 6.92 Å². The van der Waals surface area contributed by atoms with Gasteiger partial charge >= 0.3 is 0 Å². The summed E-state index contributed by atoms with van der Waals surface area (Å²) >= 11 is 0. The number of carbonyl (C=O) groups excluding carboxylic acids is 1. The molecule has 0 bridgehead atoms. The maximum Gasteiger partial charge on any atom is 0.255 e. The normalized spacial score (nSPS) is 11.9. The Morgan fingerprint density at radius 3 is 2.41 bits per heavy atom. The van der Waals surface area contributed by atoms with E-state index in [1.165, 1.54) is 12.1 Å². The van der Waals surface area contributed by atoms with Crippen molar-refractivity contribution in [2.45, 2.75) is 45.1 Å². The van der Waals surface area contributed by atoms with Crippen LogP contribution in [0.5, 0.6) is 5.75 Å².